The number of ether oxygens (including phenoxy) is 1. The van der Waals surface area contributed by atoms with Crippen LogP contribution in [0.5, 0.6) is 0 Å². The highest BCUT2D eigenvalue weighted by Crippen LogP contribution is 2.16. The molecule has 1 N–H and O–H groups in total. The van der Waals surface area contributed by atoms with Gasteiger partial charge in [0, 0.05) is 38.8 Å². The number of nitrogens with one attached hydrogen (secondary N) is 1. The van der Waals surface area contributed by atoms with Gasteiger partial charge in [-0.15, -0.1) is 0 Å². The predicted octanol–water partition coefficient (Wildman–Crippen LogP) is 0.589. The Morgan fingerprint density at radius 3 is 2.45 bits per heavy atom. The lowest BCUT2D eigenvalue weighted by molar-refractivity contribution is -0.121. The summed E-state index contributed by atoms with van der Waals surface area (Å²) in [6, 6.07) is -0.0132. The maximum atomic E-state index is 11.9. The van der Waals surface area contributed by atoms with Crippen LogP contribution in [0.1, 0.15) is 33.1 Å². The first kappa shape index (κ1) is 17.4. The third-order valence-electron chi connectivity index (χ3n) is 3.27. The third-order valence-corrected chi connectivity index (χ3v) is 4.60. The van der Waals surface area contributed by atoms with Gasteiger partial charge in [0.25, 0.3) is 0 Å². The summed E-state index contributed by atoms with van der Waals surface area (Å²) in [4.78, 5) is 11.6. The highest BCUT2D eigenvalue weighted by atomic mass is 32.2. The van der Waals surface area contributed by atoms with E-state index in [1.54, 1.807) is 0 Å². The van der Waals surface area contributed by atoms with Crippen molar-refractivity contribution in [2.75, 3.05) is 32.6 Å². The summed E-state index contributed by atoms with van der Waals surface area (Å²) in [6.07, 6.45) is 3.12. The van der Waals surface area contributed by atoms with Crippen molar-refractivity contribution < 1.29 is 17.9 Å². The van der Waals surface area contributed by atoms with Crippen LogP contribution in [-0.4, -0.2) is 57.2 Å². The SMILES string of the molecule is CC(C)CC(=O)NCCN(C1CCOCC1)S(C)(=O)=O. The molecule has 0 aromatic heterocycles. The van der Waals surface area contributed by atoms with E-state index < -0.39 is 10.0 Å². The Balaban J connectivity index is 2.47. The van der Waals surface area contributed by atoms with Crippen LogP contribution in [0.2, 0.25) is 0 Å². The van der Waals surface area contributed by atoms with Gasteiger partial charge in [0.15, 0.2) is 0 Å². The molecule has 1 aliphatic rings. The quantitative estimate of drug-likeness (QED) is 0.747. The molecule has 0 spiro atoms. The molecule has 0 bridgehead atoms. The van der Waals surface area contributed by atoms with E-state index in [4.69, 9.17) is 4.74 Å². The lowest BCUT2D eigenvalue weighted by Crippen LogP contribution is -2.46. The number of nitrogens with zero attached hydrogens (tertiary/aromatic N) is 1. The van der Waals surface area contributed by atoms with Gasteiger partial charge in [-0.25, -0.2) is 8.42 Å². The zero-order valence-corrected chi connectivity index (χ0v) is 13.4. The molecule has 0 aromatic rings. The normalized spacial score (nSPS) is 17.6. The van der Waals surface area contributed by atoms with Gasteiger partial charge in [-0.05, 0) is 18.8 Å². The van der Waals surface area contributed by atoms with E-state index in [0.29, 0.717) is 51.5 Å². The molecule has 1 rings (SSSR count). The minimum Gasteiger partial charge on any atom is -0.381 e. The summed E-state index contributed by atoms with van der Waals surface area (Å²) < 4.78 is 30.5. The minimum absolute atomic E-state index is 0.0132. The third kappa shape index (κ3) is 6.19. The zero-order valence-electron chi connectivity index (χ0n) is 12.6. The van der Waals surface area contributed by atoms with Crippen LogP contribution in [0.4, 0.5) is 0 Å². The van der Waals surface area contributed by atoms with E-state index in [1.807, 2.05) is 13.8 Å². The van der Waals surface area contributed by atoms with E-state index >= 15 is 0 Å². The zero-order chi connectivity index (χ0) is 15.2. The summed E-state index contributed by atoms with van der Waals surface area (Å²) in [7, 11) is -3.26. The Bertz CT molecular complexity index is 403. The van der Waals surface area contributed by atoms with Gasteiger partial charge in [-0.3, -0.25) is 4.79 Å². The first-order valence-electron chi connectivity index (χ1n) is 7.12. The molecular formula is C13H26N2O4S. The van der Waals surface area contributed by atoms with Crippen LogP contribution < -0.4 is 5.32 Å². The first-order valence-corrected chi connectivity index (χ1v) is 8.96. The van der Waals surface area contributed by atoms with Gasteiger partial charge < -0.3 is 10.1 Å². The number of sulfonamides is 1. The second-order valence-electron chi connectivity index (χ2n) is 5.67. The van der Waals surface area contributed by atoms with Crippen LogP contribution in [0.25, 0.3) is 0 Å². The summed E-state index contributed by atoms with van der Waals surface area (Å²) >= 11 is 0. The number of carbonyl (C=O) groups is 1. The van der Waals surface area contributed by atoms with E-state index in [-0.39, 0.29) is 11.9 Å². The van der Waals surface area contributed by atoms with Crippen molar-refractivity contribution in [3.05, 3.63) is 0 Å². The predicted molar refractivity (Wildman–Crippen MR) is 77.9 cm³/mol. The van der Waals surface area contributed by atoms with Crippen molar-refractivity contribution >= 4 is 15.9 Å². The van der Waals surface area contributed by atoms with Crippen LogP contribution in [0.3, 0.4) is 0 Å². The molecule has 118 valence electrons. The molecule has 0 saturated carbocycles. The highest BCUT2D eigenvalue weighted by molar-refractivity contribution is 7.88. The lowest BCUT2D eigenvalue weighted by Gasteiger charge is -2.32. The van der Waals surface area contributed by atoms with Crippen LogP contribution in [-0.2, 0) is 19.6 Å². The molecule has 0 radical (unpaired) electrons. The molecule has 1 heterocycles. The average molecular weight is 306 g/mol. The van der Waals surface area contributed by atoms with E-state index in [1.165, 1.54) is 10.6 Å². The van der Waals surface area contributed by atoms with Crippen molar-refractivity contribution in [3.63, 3.8) is 0 Å². The molecule has 1 amide bonds. The molecule has 1 aliphatic heterocycles. The molecule has 7 heteroatoms. The second-order valence-corrected chi connectivity index (χ2v) is 7.60. The van der Waals surface area contributed by atoms with Crippen molar-refractivity contribution in [1.82, 2.24) is 9.62 Å². The molecule has 1 saturated heterocycles. The van der Waals surface area contributed by atoms with Crippen molar-refractivity contribution in [2.24, 2.45) is 5.92 Å². The van der Waals surface area contributed by atoms with Crippen molar-refractivity contribution in [1.29, 1.82) is 0 Å². The van der Waals surface area contributed by atoms with Crippen LogP contribution >= 0.6 is 0 Å². The van der Waals surface area contributed by atoms with Crippen LogP contribution in [0, 0.1) is 5.92 Å². The number of rotatable bonds is 7. The first-order chi connectivity index (χ1) is 9.30. The molecular weight excluding hydrogens is 280 g/mol. The maximum absolute atomic E-state index is 11.9. The number of amides is 1. The molecule has 6 nitrogen and oxygen atoms in total. The Hall–Kier alpha value is -0.660. The van der Waals surface area contributed by atoms with Gasteiger partial charge in [-0.1, -0.05) is 13.8 Å². The molecule has 20 heavy (non-hydrogen) atoms. The Labute approximate surface area is 121 Å². The number of carbonyl (C=O) groups excluding carboxylic acids is 1. The molecule has 0 atom stereocenters. The van der Waals surface area contributed by atoms with Gasteiger partial charge >= 0.3 is 0 Å². The van der Waals surface area contributed by atoms with E-state index in [0.717, 1.165) is 0 Å². The highest BCUT2D eigenvalue weighted by Gasteiger charge is 2.28. The number of hydrogen-bond donors (Lipinski definition) is 1. The largest absolute Gasteiger partial charge is 0.381 e. The van der Waals surface area contributed by atoms with E-state index in [2.05, 4.69) is 5.32 Å². The lowest BCUT2D eigenvalue weighted by atomic mass is 10.1. The second kappa shape index (κ2) is 7.95. The molecule has 0 aliphatic carbocycles. The summed E-state index contributed by atoms with van der Waals surface area (Å²) in [5.74, 6) is 0.275. The average Bonchev–Trinajstić information content (AvgIpc) is 2.33. The molecule has 0 aromatic carbocycles. The van der Waals surface area contributed by atoms with Gasteiger partial charge in [0.1, 0.15) is 0 Å². The van der Waals surface area contributed by atoms with Gasteiger partial charge in [-0.2, -0.15) is 4.31 Å². The summed E-state index contributed by atoms with van der Waals surface area (Å²) in [5, 5.41) is 2.78. The van der Waals surface area contributed by atoms with Gasteiger partial charge in [0.05, 0.1) is 6.26 Å². The van der Waals surface area contributed by atoms with E-state index in [9.17, 15) is 13.2 Å². The van der Waals surface area contributed by atoms with Gasteiger partial charge in [0.2, 0.25) is 15.9 Å². The smallest absolute Gasteiger partial charge is 0.220 e. The van der Waals surface area contributed by atoms with Crippen LogP contribution in [0.15, 0.2) is 0 Å². The summed E-state index contributed by atoms with van der Waals surface area (Å²) in [6.45, 7) is 5.82. The fourth-order valence-electron chi connectivity index (χ4n) is 2.34. The topological polar surface area (TPSA) is 75.7 Å². The summed E-state index contributed by atoms with van der Waals surface area (Å²) in [5.41, 5.74) is 0. The monoisotopic (exact) mass is 306 g/mol. The standard InChI is InChI=1S/C13H26N2O4S/c1-11(2)10-13(16)14-6-7-15(20(3,17)18)12-4-8-19-9-5-12/h11-12H,4-10H2,1-3H3,(H,14,16). The van der Waals surface area contributed by atoms with Crippen molar-refractivity contribution in [2.45, 2.75) is 39.2 Å². The maximum Gasteiger partial charge on any atom is 0.220 e. The fourth-order valence-corrected chi connectivity index (χ4v) is 3.52. The molecule has 1 fully saturated rings. The van der Waals surface area contributed by atoms with Crippen molar-refractivity contribution in [3.8, 4) is 0 Å². The Morgan fingerprint density at radius 2 is 1.95 bits per heavy atom. The number of hydrogen-bond acceptors (Lipinski definition) is 4. The Morgan fingerprint density at radius 1 is 1.35 bits per heavy atom. The Kier molecular flexibility index (Phi) is 6.91. The molecule has 0 unspecified atom stereocenters. The fraction of sp³-hybridized carbons (Fsp3) is 0.923. The minimum atomic E-state index is -3.26.